The van der Waals surface area contributed by atoms with E-state index in [1.807, 2.05) is 0 Å². The molecule has 0 heterocycles. The third kappa shape index (κ3) is 2.77. The first-order chi connectivity index (χ1) is 7.46. The molecule has 0 saturated carbocycles. The minimum absolute atomic E-state index is 0.0760. The zero-order valence-corrected chi connectivity index (χ0v) is 10.8. The molecule has 1 unspecified atom stereocenters. The van der Waals surface area contributed by atoms with Gasteiger partial charge >= 0.3 is 0 Å². The highest BCUT2D eigenvalue weighted by Crippen LogP contribution is 2.36. The molecule has 1 aliphatic rings. The van der Waals surface area contributed by atoms with Crippen LogP contribution in [0.1, 0.15) is 35.4 Å². The second kappa shape index (κ2) is 4.38. The van der Waals surface area contributed by atoms with Gasteiger partial charge in [-0.2, -0.15) is 0 Å². The molecule has 0 fully saturated rings. The van der Waals surface area contributed by atoms with E-state index in [1.165, 1.54) is 16.7 Å². The molecule has 16 heavy (non-hydrogen) atoms. The number of halogens is 1. The van der Waals surface area contributed by atoms with Crippen molar-refractivity contribution < 1.29 is 8.42 Å². The summed E-state index contributed by atoms with van der Waals surface area (Å²) in [4.78, 5) is 0. The van der Waals surface area contributed by atoms with E-state index in [4.69, 9.17) is 10.7 Å². The van der Waals surface area contributed by atoms with Crippen molar-refractivity contribution in [1.29, 1.82) is 0 Å². The third-order valence-electron chi connectivity index (χ3n) is 3.21. The van der Waals surface area contributed by atoms with E-state index in [2.05, 4.69) is 25.1 Å². The number of hydrogen-bond acceptors (Lipinski definition) is 2. The molecular formula is C12H15ClO2S. The molecule has 1 aromatic carbocycles. The maximum atomic E-state index is 10.9. The topological polar surface area (TPSA) is 34.1 Å². The lowest BCUT2D eigenvalue weighted by atomic mass is 9.97. The van der Waals surface area contributed by atoms with Gasteiger partial charge in [-0.3, -0.25) is 0 Å². The highest BCUT2D eigenvalue weighted by atomic mass is 35.7. The molecule has 1 aromatic rings. The quantitative estimate of drug-likeness (QED) is 0.781. The van der Waals surface area contributed by atoms with E-state index >= 15 is 0 Å². The van der Waals surface area contributed by atoms with Crippen LogP contribution in [-0.2, 0) is 15.5 Å². The molecule has 2 rings (SSSR count). The van der Waals surface area contributed by atoms with Crippen molar-refractivity contribution in [2.45, 2.75) is 32.1 Å². The number of rotatable bonds is 3. The first kappa shape index (κ1) is 11.9. The normalized spacial score (nSPS) is 19.8. The summed E-state index contributed by atoms with van der Waals surface area (Å²) < 4.78 is 21.9. The van der Waals surface area contributed by atoms with Gasteiger partial charge in [-0.15, -0.1) is 0 Å². The van der Waals surface area contributed by atoms with Crippen LogP contribution in [-0.4, -0.2) is 14.2 Å². The molecule has 0 aliphatic heterocycles. The zero-order chi connectivity index (χ0) is 11.8. The summed E-state index contributed by atoms with van der Waals surface area (Å²) >= 11 is 0. The van der Waals surface area contributed by atoms with Crippen LogP contribution in [0.25, 0.3) is 0 Å². The summed E-state index contributed by atoms with van der Waals surface area (Å²) in [6.07, 6.45) is 2.75. The van der Waals surface area contributed by atoms with Crippen LogP contribution in [0.3, 0.4) is 0 Å². The Morgan fingerprint density at radius 3 is 2.88 bits per heavy atom. The Kier molecular flexibility index (Phi) is 3.27. The maximum Gasteiger partial charge on any atom is 0.232 e. The number of hydrogen-bond donors (Lipinski definition) is 0. The van der Waals surface area contributed by atoms with E-state index in [1.54, 1.807) is 0 Å². The molecule has 0 radical (unpaired) electrons. The Bertz CT molecular complexity index is 494. The minimum atomic E-state index is -3.35. The Balaban J connectivity index is 2.14. The smallest absolute Gasteiger partial charge is 0.212 e. The maximum absolute atomic E-state index is 10.9. The molecule has 2 nitrogen and oxygen atoms in total. The molecule has 1 atom stereocenters. The highest BCUT2D eigenvalue weighted by molar-refractivity contribution is 8.13. The highest BCUT2D eigenvalue weighted by Gasteiger charge is 2.23. The van der Waals surface area contributed by atoms with Gasteiger partial charge in [0.1, 0.15) is 0 Å². The van der Waals surface area contributed by atoms with Gasteiger partial charge < -0.3 is 0 Å². The molecule has 0 saturated heterocycles. The Morgan fingerprint density at radius 1 is 1.44 bits per heavy atom. The fourth-order valence-electron chi connectivity index (χ4n) is 2.39. The van der Waals surface area contributed by atoms with Crippen LogP contribution in [0.4, 0.5) is 0 Å². The Morgan fingerprint density at radius 2 is 2.19 bits per heavy atom. The summed E-state index contributed by atoms with van der Waals surface area (Å²) in [5.74, 6) is 0.440. The first-order valence-corrected chi connectivity index (χ1v) is 7.95. The van der Waals surface area contributed by atoms with Crippen molar-refractivity contribution in [1.82, 2.24) is 0 Å². The van der Waals surface area contributed by atoms with Crippen molar-refractivity contribution in [3.63, 3.8) is 0 Å². The summed E-state index contributed by atoms with van der Waals surface area (Å²) in [5.41, 5.74) is 3.92. The summed E-state index contributed by atoms with van der Waals surface area (Å²) in [6, 6.07) is 6.44. The molecule has 0 spiro atoms. The Hall–Kier alpha value is -0.540. The van der Waals surface area contributed by atoms with Crippen molar-refractivity contribution in [2.75, 3.05) is 5.75 Å². The molecule has 0 bridgehead atoms. The number of aryl methyl sites for hydroxylation is 2. The standard InChI is InChI=1S/C12H15ClO2S/c1-9-2-3-10-4-5-11(12(10)8-9)6-7-16(13,14)15/h2-3,8,11H,4-7H2,1H3. The van der Waals surface area contributed by atoms with E-state index in [9.17, 15) is 8.42 Å². The molecular weight excluding hydrogens is 244 g/mol. The molecule has 88 valence electrons. The summed E-state index contributed by atoms with van der Waals surface area (Å²) in [7, 11) is 1.89. The van der Waals surface area contributed by atoms with E-state index in [0.717, 1.165) is 12.8 Å². The third-order valence-corrected chi connectivity index (χ3v) is 4.40. The van der Waals surface area contributed by atoms with Gasteiger partial charge in [0.05, 0.1) is 5.75 Å². The molecule has 4 heteroatoms. The van der Waals surface area contributed by atoms with Crippen molar-refractivity contribution >= 4 is 19.7 Å². The molecule has 0 amide bonds. The monoisotopic (exact) mass is 258 g/mol. The van der Waals surface area contributed by atoms with Crippen LogP contribution >= 0.6 is 10.7 Å². The molecule has 0 aromatic heterocycles. The Labute approximate surface area is 101 Å². The lowest BCUT2D eigenvalue weighted by molar-refractivity contribution is 0.595. The van der Waals surface area contributed by atoms with Crippen LogP contribution < -0.4 is 0 Å². The van der Waals surface area contributed by atoms with E-state index in [-0.39, 0.29) is 5.75 Å². The average Bonchev–Trinajstić information content (AvgIpc) is 2.56. The van der Waals surface area contributed by atoms with Gasteiger partial charge in [0.15, 0.2) is 0 Å². The predicted molar refractivity (Wildman–Crippen MR) is 66.5 cm³/mol. The van der Waals surface area contributed by atoms with Crippen LogP contribution in [0.2, 0.25) is 0 Å². The first-order valence-electron chi connectivity index (χ1n) is 5.47. The van der Waals surface area contributed by atoms with Crippen LogP contribution in [0.5, 0.6) is 0 Å². The fraction of sp³-hybridized carbons (Fsp3) is 0.500. The number of fused-ring (bicyclic) bond motifs is 1. The number of benzene rings is 1. The van der Waals surface area contributed by atoms with E-state index < -0.39 is 9.05 Å². The van der Waals surface area contributed by atoms with Gasteiger partial charge in [-0.1, -0.05) is 23.8 Å². The molecule has 0 N–H and O–H groups in total. The summed E-state index contributed by atoms with van der Waals surface area (Å²) in [5, 5.41) is 0. The second-order valence-corrected chi connectivity index (χ2v) is 7.37. The van der Waals surface area contributed by atoms with Crippen molar-refractivity contribution in [2.24, 2.45) is 0 Å². The fourth-order valence-corrected chi connectivity index (χ4v) is 3.22. The van der Waals surface area contributed by atoms with Crippen LogP contribution in [0.15, 0.2) is 18.2 Å². The lowest BCUT2D eigenvalue weighted by Gasteiger charge is -2.10. The van der Waals surface area contributed by atoms with Crippen molar-refractivity contribution in [3.05, 3.63) is 34.9 Å². The van der Waals surface area contributed by atoms with Crippen molar-refractivity contribution in [3.8, 4) is 0 Å². The SMILES string of the molecule is Cc1ccc2c(c1)C(CCS(=O)(=O)Cl)CC2. The van der Waals surface area contributed by atoms with Crippen LogP contribution in [0, 0.1) is 6.92 Å². The second-order valence-electron chi connectivity index (χ2n) is 4.47. The van der Waals surface area contributed by atoms with Gasteiger partial charge in [-0.05, 0) is 43.2 Å². The van der Waals surface area contributed by atoms with Gasteiger partial charge in [-0.25, -0.2) is 8.42 Å². The minimum Gasteiger partial charge on any atom is -0.212 e. The largest absolute Gasteiger partial charge is 0.232 e. The van der Waals surface area contributed by atoms with Gasteiger partial charge in [0.2, 0.25) is 9.05 Å². The molecule has 1 aliphatic carbocycles. The summed E-state index contributed by atoms with van der Waals surface area (Å²) in [6.45, 7) is 2.06. The lowest BCUT2D eigenvalue weighted by Crippen LogP contribution is -2.03. The van der Waals surface area contributed by atoms with E-state index in [0.29, 0.717) is 12.3 Å². The average molecular weight is 259 g/mol. The van der Waals surface area contributed by atoms with Gasteiger partial charge in [0, 0.05) is 10.7 Å². The predicted octanol–water partition coefficient (Wildman–Crippen LogP) is 2.98. The zero-order valence-electron chi connectivity index (χ0n) is 9.24. The van der Waals surface area contributed by atoms with Gasteiger partial charge in [0.25, 0.3) is 0 Å².